The van der Waals surface area contributed by atoms with E-state index in [9.17, 15) is 5.11 Å². The normalized spacial score (nSPS) is 46.8. The van der Waals surface area contributed by atoms with Gasteiger partial charge in [0.2, 0.25) is 0 Å². The maximum absolute atomic E-state index is 9.41. The summed E-state index contributed by atoms with van der Waals surface area (Å²) in [5, 5.41) is 13.8. The average molecular weight is 402 g/mol. The fourth-order valence-corrected chi connectivity index (χ4v) is 8.87. The highest BCUT2D eigenvalue weighted by atomic mass is 16.5. The molecule has 29 heavy (non-hydrogen) atoms. The van der Waals surface area contributed by atoms with Crippen LogP contribution in [0.5, 0.6) is 0 Å². The molecule has 0 aliphatic heterocycles. The van der Waals surface area contributed by atoms with Crippen LogP contribution in [-0.2, 0) is 11.3 Å². The number of nitrogens with zero attached hydrogens (tertiary/aromatic N) is 1. The van der Waals surface area contributed by atoms with Gasteiger partial charge in [-0.3, -0.25) is 0 Å². The van der Waals surface area contributed by atoms with Crippen molar-refractivity contribution in [3.63, 3.8) is 0 Å². The molecule has 0 radical (unpaired) electrons. The van der Waals surface area contributed by atoms with Crippen LogP contribution in [0.2, 0.25) is 0 Å². The first-order valence-electron chi connectivity index (χ1n) is 12.1. The van der Waals surface area contributed by atoms with E-state index >= 15 is 0 Å². The van der Waals surface area contributed by atoms with Crippen LogP contribution in [-0.4, -0.2) is 24.0 Å². The lowest BCUT2D eigenvalue weighted by Crippen LogP contribution is -2.56. The van der Waals surface area contributed by atoms with E-state index < -0.39 is 0 Å². The molecule has 4 fully saturated rings. The average Bonchev–Trinajstić information content (AvgIpc) is 3.32. The van der Waals surface area contributed by atoms with E-state index in [1.54, 1.807) is 0 Å². The van der Waals surface area contributed by atoms with Gasteiger partial charge in [0.05, 0.1) is 12.3 Å². The van der Waals surface area contributed by atoms with E-state index in [4.69, 9.17) is 9.26 Å². The number of hydrogen-bond donors (Lipinski definition) is 1. The van der Waals surface area contributed by atoms with Crippen LogP contribution in [0, 0.1) is 40.4 Å². The standard InChI is InChI=1S/C25H39NO3/c1-16-8-11-25(15-28-3)17(12-16)4-5-19-20-6-7-22(23-13-18(14-27)29-26-23)24(20,2)10-9-21(19)25/h13,16-17,19-22,27H,4-12,14-15H2,1-3H3. The van der Waals surface area contributed by atoms with Crippen molar-refractivity contribution in [2.24, 2.45) is 40.4 Å². The third-order valence-electron chi connectivity index (χ3n) is 10.1. The van der Waals surface area contributed by atoms with E-state index in [-0.39, 0.29) is 6.61 Å². The van der Waals surface area contributed by atoms with Gasteiger partial charge < -0.3 is 14.4 Å². The van der Waals surface area contributed by atoms with Crippen LogP contribution < -0.4 is 0 Å². The molecule has 1 aromatic rings. The van der Waals surface area contributed by atoms with Crippen LogP contribution in [0.25, 0.3) is 0 Å². The summed E-state index contributed by atoms with van der Waals surface area (Å²) in [4.78, 5) is 0. The molecule has 8 unspecified atom stereocenters. The Kier molecular flexibility index (Phi) is 5.10. The van der Waals surface area contributed by atoms with Gasteiger partial charge in [-0.1, -0.05) is 25.4 Å². The summed E-state index contributed by atoms with van der Waals surface area (Å²) in [6.45, 7) is 5.92. The Morgan fingerprint density at radius 2 is 2.00 bits per heavy atom. The van der Waals surface area contributed by atoms with Crippen molar-refractivity contribution in [3.05, 3.63) is 17.5 Å². The van der Waals surface area contributed by atoms with Gasteiger partial charge in [-0.25, -0.2) is 0 Å². The number of hydrogen-bond acceptors (Lipinski definition) is 4. The highest BCUT2D eigenvalue weighted by Crippen LogP contribution is 2.69. The second-order valence-electron chi connectivity index (χ2n) is 11.2. The van der Waals surface area contributed by atoms with Gasteiger partial charge >= 0.3 is 0 Å². The molecule has 5 rings (SSSR count). The summed E-state index contributed by atoms with van der Waals surface area (Å²) in [7, 11) is 1.93. The molecule has 0 saturated heterocycles. The Bertz CT molecular complexity index is 731. The lowest BCUT2D eigenvalue weighted by Gasteiger charge is -2.62. The Morgan fingerprint density at radius 3 is 2.76 bits per heavy atom. The lowest BCUT2D eigenvalue weighted by molar-refractivity contribution is -0.147. The Morgan fingerprint density at radius 1 is 1.14 bits per heavy atom. The van der Waals surface area contributed by atoms with E-state index in [2.05, 4.69) is 19.0 Å². The number of methoxy groups -OCH3 is 1. The highest BCUT2D eigenvalue weighted by molar-refractivity contribution is 5.20. The molecule has 8 atom stereocenters. The summed E-state index contributed by atoms with van der Waals surface area (Å²) in [5.74, 6) is 5.35. The van der Waals surface area contributed by atoms with Gasteiger partial charge in [-0.05, 0) is 91.8 Å². The summed E-state index contributed by atoms with van der Waals surface area (Å²) in [6.07, 6.45) is 12.2. The topological polar surface area (TPSA) is 55.5 Å². The predicted octanol–water partition coefficient (Wildman–Crippen LogP) is 5.56. The van der Waals surface area contributed by atoms with E-state index in [1.165, 1.54) is 57.8 Å². The molecule has 1 aromatic heterocycles. The molecular weight excluding hydrogens is 362 g/mol. The summed E-state index contributed by atoms with van der Waals surface area (Å²) < 4.78 is 11.3. The van der Waals surface area contributed by atoms with Gasteiger partial charge in [-0.2, -0.15) is 0 Å². The molecule has 4 aliphatic carbocycles. The molecule has 0 spiro atoms. The Balaban J connectivity index is 1.43. The predicted molar refractivity (Wildman–Crippen MR) is 112 cm³/mol. The van der Waals surface area contributed by atoms with Crippen LogP contribution in [0.15, 0.2) is 10.6 Å². The lowest BCUT2D eigenvalue weighted by atomic mass is 9.44. The molecule has 1 heterocycles. The third kappa shape index (κ3) is 2.96. The summed E-state index contributed by atoms with van der Waals surface area (Å²) in [5.41, 5.74) is 1.85. The number of aliphatic hydroxyl groups is 1. The van der Waals surface area contributed by atoms with Crippen molar-refractivity contribution >= 4 is 0 Å². The number of aliphatic hydroxyl groups excluding tert-OH is 1. The summed E-state index contributed by atoms with van der Waals surface area (Å²) >= 11 is 0. The first-order valence-corrected chi connectivity index (χ1v) is 12.1. The van der Waals surface area contributed by atoms with Crippen molar-refractivity contribution in [1.82, 2.24) is 5.16 Å². The van der Waals surface area contributed by atoms with Crippen molar-refractivity contribution in [1.29, 1.82) is 0 Å². The van der Waals surface area contributed by atoms with E-state index in [1.807, 2.05) is 13.2 Å². The maximum Gasteiger partial charge on any atom is 0.162 e. The first-order chi connectivity index (χ1) is 14.0. The van der Waals surface area contributed by atoms with Crippen molar-refractivity contribution in [2.75, 3.05) is 13.7 Å². The van der Waals surface area contributed by atoms with Crippen molar-refractivity contribution < 1.29 is 14.4 Å². The Labute approximate surface area is 175 Å². The third-order valence-corrected chi connectivity index (χ3v) is 10.1. The zero-order chi connectivity index (χ0) is 20.2. The van der Waals surface area contributed by atoms with E-state index in [0.717, 1.165) is 41.9 Å². The van der Waals surface area contributed by atoms with Crippen molar-refractivity contribution in [2.45, 2.75) is 84.2 Å². The zero-order valence-corrected chi connectivity index (χ0v) is 18.5. The number of rotatable bonds is 4. The first kappa shape index (κ1) is 20.1. The smallest absolute Gasteiger partial charge is 0.162 e. The fraction of sp³-hybridized carbons (Fsp3) is 0.880. The van der Waals surface area contributed by atoms with E-state index in [0.29, 0.717) is 22.5 Å². The van der Waals surface area contributed by atoms with Gasteiger partial charge in [0.1, 0.15) is 6.61 Å². The molecule has 0 bridgehead atoms. The molecule has 4 aliphatic rings. The number of ether oxygens (including phenoxy) is 1. The second kappa shape index (κ2) is 7.37. The van der Waals surface area contributed by atoms with Gasteiger partial charge in [0.25, 0.3) is 0 Å². The second-order valence-corrected chi connectivity index (χ2v) is 11.2. The maximum atomic E-state index is 9.41. The minimum atomic E-state index is -0.0517. The molecule has 0 amide bonds. The van der Waals surface area contributed by atoms with Gasteiger partial charge in [0.15, 0.2) is 5.76 Å². The molecule has 162 valence electrons. The zero-order valence-electron chi connectivity index (χ0n) is 18.5. The minimum absolute atomic E-state index is 0.0517. The molecule has 4 saturated carbocycles. The fourth-order valence-electron chi connectivity index (χ4n) is 8.87. The van der Waals surface area contributed by atoms with Gasteiger partial charge in [-0.15, -0.1) is 0 Å². The summed E-state index contributed by atoms with van der Waals surface area (Å²) in [6, 6.07) is 2.01. The molecular formula is C25H39NO3. The van der Waals surface area contributed by atoms with Crippen molar-refractivity contribution in [3.8, 4) is 0 Å². The van der Waals surface area contributed by atoms with Crippen LogP contribution in [0.4, 0.5) is 0 Å². The SMILES string of the molecule is COCC12CCC(C)CC1CCC1C3CCC(c4cc(CO)on4)C3(C)CCC12. The molecule has 4 nitrogen and oxygen atoms in total. The highest BCUT2D eigenvalue weighted by Gasteiger charge is 2.61. The quantitative estimate of drug-likeness (QED) is 0.718. The molecule has 0 aromatic carbocycles. The van der Waals surface area contributed by atoms with Crippen LogP contribution in [0.3, 0.4) is 0 Å². The number of aromatic nitrogens is 1. The molecule has 4 heteroatoms. The van der Waals surface area contributed by atoms with Gasteiger partial charge in [0, 0.05) is 19.1 Å². The Hall–Kier alpha value is -0.870. The molecule has 1 N–H and O–H groups in total. The number of fused-ring (bicyclic) bond motifs is 5. The minimum Gasteiger partial charge on any atom is -0.388 e. The van der Waals surface area contributed by atoms with Crippen LogP contribution in [0.1, 0.15) is 89.0 Å². The largest absolute Gasteiger partial charge is 0.388 e. The monoisotopic (exact) mass is 401 g/mol. The van der Waals surface area contributed by atoms with Crippen LogP contribution >= 0.6 is 0 Å².